The molecule has 0 amide bonds. The number of unbranched alkanes of at least 4 members (excludes halogenated alkanes) is 3. The molecule has 0 bridgehead atoms. The van der Waals surface area contributed by atoms with Crippen molar-refractivity contribution in [1.29, 1.82) is 0 Å². The lowest BCUT2D eigenvalue weighted by Gasteiger charge is -2.04. The highest BCUT2D eigenvalue weighted by Crippen LogP contribution is 2.19. The summed E-state index contributed by atoms with van der Waals surface area (Å²) in [6.07, 6.45) is 5.93. The fraction of sp³-hybridized carbons (Fsp3) is 0.545. The first-order chi connectivity index (χ1) is 6.88. The maximum absolute atomic E-state index is 10.6. The maximum Gasteiger partial charge on any atom is 0.162 e. The van der Waals surface area contributed by atoms with E-state index in [1.165, 1.54) is 37.0 Å². The Bertz CT molecular complexity index is 270. The average molecular weight is 211 g/mol. The van der Waals surface area contributed by atoms with Crippen LogP contribution in [0.4, 0.5) is 5.69 Å². The molecule has 1 aromatic rings. The van der Waals surface area contributed by atoms with Crippen molar-refractivity contribution >= 4 is 23.3 Å². The molecule has 0 aliphatic rings. The predicted molar refractivity (Wildman–Crippen MR) is 62.3 cm³/mol. The van der Waals surface area contributed by atoms with Crippen LogP contribution in [0.3, 0.4) is 0 Å². The molecular weight excluding hydrogens is 194 g/mol. The molecule has 0 aliphatic carbocycles. The number of rotatable bonds is 7. The quantitative estimate of drug-likeness (QED) is 0.552. The molecule has 0 radical (unpaired) electrons. The number of aldehydes is 1. The first kappa shape index (κ1) is 11.2. The normalized spacial score (nSPS) is 10.1. The van der Waals surface area contributed by atoms with Crippen molar-refractivity contribution in [2.75, 3.05) is 11.9 Å². The van der Waals surface area contributed by atoms with Crippen molar-refractivity contribution in [1.82, 2.24) is 0 Å². The predicted octanol–water partition coefficient (Wildman–Crippen LogP) is 3.55. The van der Waals surface area contributed by atoms with Gasteiger partial charge in [-0.2, -0.15) is 0 Å². The molecule has 1 heterocycles. The van der Waals surface area contributed by atoms with Crippen LogP contribution in [-0.4, -0.2) is 12.8 Å². The molecule has 0 saturated carbocycles. The highest BCUT2D eigenvalue weighted by molar-refractivity contribution is 7.12. The first-order valence-corrected chi connectivity index (χ1v) is 6.03. The zero-order chi connectivity index (χ0) is 10.2. The van der Waals surface area contributed by atoms with Crippen molar-refractivity contribution in [3.05, 3.63) is 16.3 Å². The Balaban J connectivity index is 2.21. The Hall–Kier alpha value is -0.830. The van der Waals surface area contributed by atoms with E-state index in [1.54, 1.807) is 0 Å². The Morgan fingerprint density at radius 1 is 1.43 bits per heavy atom. The van der Waals surface area contributed by atoms with Crippen molar-refractivity contribution in [3.63, 3.8) is 0 Å². The molecule has 0 atom stereocenters. The fourth-order valence-corrected chi connectivity index (χ4v) is 2.01. The van der Waals surface area contributed by atoms with Gasteiger partial charge in [-0.25, -0.2) is 0 Å². The Kier molecular flexibility index (Phi) is 5.30. The van der Waals surface area contributed by atoms with Crippen LogP contribution in [-0.2, 0) is 0 Å². The summed E-state index contributed by atoms with van der Waals surface area (Å²) >= 11 is 1.49. The van der Waals surface area contributed by atoms with Crippen LogP contribution >= 0.6 is 11.3 Å². The number of carbonyl (C=O) groups is 1. The minimum absolute atomic E-state index is 0.806. The Labute approximate surface area is 89.3 Å². The van der Waals surface area contributed by atoms with Gasteiger partial charge in [0, 0.05) is 6.54 Å². The molecule has 78 valence electrons. The topological polar surface area (TPSA) is 29.1 Å². The van der Waals surface area contributed by atoms with Gasteiger partial charge in [0.15, 0.2) is 6.29 Å². The lowest BCUT2D eigenvalue weighted by Crippen LogP contribution is -2.01. The van der Waals surface area contributed by atoms with Gasteiger partial charge in [-0.3, -0.25) is 4.79 Å². The summed E-state index contributed by atoms with van der Waals surface area (Å²) in [4.78, 5) is 11.4. The number of carbonyl (C=O) groups excluding carboxylic acids is 1. The third-order valence-corrected chi connectivity index (χ3v) is 2.99. The summed E-state index contributed by atoms with van der Waals surface area (Å²) in [6.45, 7) is 3.17. The van der Waals surface area contributed by atoms with Crippen LogP contribution < -0.4 is 5.32 Å². The molecule has 1 rings (SSSR count). The molecule has 0 aromatic carbocycles. The average Bonchev–Trinajstić information content (AvgIpc) is 2.65. The minimum Gasteiger partial charge on any atom is -0.384 e. The van der Waals surface area contributed by atoms with Gasteiger partial charge in [0.25, 0.3) is 0 Å². The second-order valence-electron chi connectivity index (χ2n) is 3.30. The van der Waals surface area contributed by atoms with E-state index in [0.717, 1.165) is 23.4 Å². The van der Waals surface area contributed by atoms with Gasteiger partial charge in [-0.15, -0.1) is 11.3 Å². The van der Waals surface area contributed by atoms with Crippen molar-refractivity contribution < 1.29 is 4.79 Å². The molecule has 0 fully saturated rings. The molecule has 0 aliphatic heterocycles. The van der Waals surface area contributed by atoms with Gasteiger partial charge in [0.05, 0.1) is 10.6 Å². The van der Waals surface area contributed by atoms with Gasteiger partial charge in [0.1, 0.15) is 0 Å². The molecule has 0 unspecified atom stereocenters. The smallest absolute Gasteiger partial charge is 0.162 e. The maximum atomic E-state index is 10.6. The van der Waals surface area contributed by atoms with Crippen molar-refractivity contribution in [2.24, 2.45) is 0 Å². The molecule has 1 N–H and O–H groups in total. The van der Waals surface area contributed by atoms with E-state index in [0.29, 0.717) is 0 Å². The lowest BCUT2D eigenvalue weighted by atomic mass is 10.2. The van der Waals surface area contributed by atoms with E-state index in [4.69, 9.17) is 0 Å². The van der Waals surface area contributed by atoms with Crippen LogP contribution in [0.15, 0.2) is 11.4 Å². The van der Waals surface area contributed by atoms with E-state index in [2.05, 4.69) is 12.2 Å². The van der Waals surface area contributed by atoms with Crippen molar-refractivity contribution in [3.8, 4) is 0 Å². The monoisotopic (exact) mass is 211 g/mol. The molecule has 2 nitrogen and oxygen atoms in total. The second kappa shape index (κ2) is 6.60. The van der Waals surface area contributed by atoms with Crippen LogP contribution in [0, 0.1) is 0 Å². The Morgan fingerprint density at radius 3 is 3.00 bits per heavy atom. The van der Waals surface area contributed by atoms with Crippen LogP contribution in [0.25, 0.3) is 0 Å². The van der Waals surface area contributed by atoms with Gasteiger partial charge < -0.3 is 5.32 Å². The van der Waals surface area contributed by atoms with Crippen molar-refractivity contribution in [2.45, 2.75) is 32.6 Å². The largest absolute Gasteiger partial charge is 0.384 e. The number of nitrogens with one attached hydrogen (secondary N) is 1. The minimum atomic E-state index is 0.806. The lowest BCUT2D eigenvalue weighted by molar-refractivity contribution is 0.112. The third-order valence-electron chi connectivity index (χ3n) is 2.15. The molecular formula is C11H17NOS. The molecule has 3 heteroatoms. The number of anilines is 1. The number of hydrogen-bond donors (Lipinski definition) is 1. The third kappa shape index (κ3) is 3.50. The highest BCUT2D eigenvalue weighted by Gasteiger charge is 2.00. The van der Waals surface area contributed by atoms with Crippen LogP contribution in [0.1, 0.15) is 42.3 Å². The van der Waals surface area contributed by atoms with Crippen LogP contribution in [0.5, 0.6) is 0 Å². The highest BCUT2D eigenvalue weighted by atomic mass is 32.1. The molecule has 1 aromatic heterocycles. The molecule has 14 heavy (non-hydrogen) atoms. The van der Waals surface area contributed by atoms with Gasteiger partial charge in [0.2, 0.25) is 0 Å². The summed E-state index contributed by atoms with van der Waals surface area (Å²) in [5, 5.41) is 5.22. The fourth-order valence-electron chi connectivity index (χ4n) is 1.33. The summed E-state index contributed by atoms with van der Waals surface area (Å²) in [5.41, 5.74) is 0.987. The standard InChI is InChI=1S/C11H17NOS/c1-2-3-4-5-7-12-10-6-8-14-11(10)9-13/h6,8-9,12H,2-5,7H2,1H3. The van der Waals surface area contributed by atoms with Gasteiger partial charge >= 0.3 is 0 Å². The van der Waals surface area contributed by atoms with E-state index in [-0.39, 0.29) is 0 Å². The zero-order valence-corrected chi connectivity index (χ0v) is 9.40. The molecule has 0 saturated heterocycles. The van der Waals surface area contributed by atoms with Crippen LogP contribution in [0.2, 0.25) is 0 Å². The second-order valence-corrected chi connectivity index (χ2v) is 4.25. The van der Waals surface area contributed by atoms with E-state index >= 15 is 0 Å². The van der Waals surface area contributed by atoms with E-state index in [9.17, 15) is 4.79 Å². The zero-order valence-electron chi connectivity index (χ0n) is 8.58. The summed E-state index contributed by atoms with van der Waals surface area (Å²) in [6, 6.07) is 1.97. The summed E-state index contributed by atoms with van der Waals surface area (Å²) < 4.78 is 0. The SMILES string of the molecule is CCCCCCNc1ccsc1C=O. The Morgan fingerprint density at radius 2 is 2.29 bits per heavy atom. The molecule has 0 spiro atoms. The first-order valence-electron chi connectivity index (χ1n) is 5.15. The van der Waals surface area contributed by atoms with E-state index < -0.39 is 0 Å². The van der Waals surface area contributed by atoms with E-state index in [1.807, 2.05) is 11.4 Å². The number of hydrogen-bond acceptors (Lipinski definition) is 3. The number of thiophene rings is 1. The van der Waals surface area contributed by atoms with Gasteiger partial charge in [-0.05, 0) is 17.9 Å². The summed E-state index contributed by atoms with van der Waals surface area (Å²) in [5.74, 6) is 0. The van der Waals surface area contributed by atoms with Gasteiger partial charge in [-0.1, -0.05) is 26.2 Å². The summed E-state index contributed by atoms with van der Waals surface area (Å²) in [7, 11) is 0.